The fraction of sp³-hybridized carbons (Fsp3) is 0.406. The molecular formula is C32H33F3N6O2. The number of amides is 1. The number of fused-ring (bicyclic) bond motifs is 2. The summed E-state index contributed by atoms with van der Waals surface area (Å²) in [5, 5.41) is 11.6. The molecule has 43 heavy (non-hydrogen) atoms. The predicted molar refractivity (Wildman–Crippen MR) is 158 cm³/mol. The fourth-order valence-corrected chi connectivity index (χ4v) is 6.49. The summed E-state index contributed by atoms with van der Waals surface area (Å²) in [6, 6.07) is 10.5. The zero-order valence-corrected chi connectivity index (χ0v) is 24.1. The molecule has 0 saturated carbocycles. The summed E-state index contributed by atoms with van der Waals surface area (Å²) in [5.74, 6) is -3.24. The molecule has 2 saturated heterocycles. The molecule has 11 heteroatoms. The summed E-state index contributed by atoms with van der Waals surface area (Å²) in [5.41, 5.74) is 3.52. The number of piperazine rings is 1. The molecule has 0 N–H and O–H groups in total. The van der Waals surface area contributed by atoms with Crippen molar-refractivity contribution in [2.24, 2.45) is 0 Å². The molecule has 3 aliphatic rings. The van der Waals surface area contributed by atoms with E-state index in [0.29, 0.717) is 55.5 Å². The number of anilines is 2. The number of hydrogen-bond acceptors (Lipinski definition) is 7. The van der Waals surface area contributed by atoms with Gasteiger partial charge in [0.15, 0.2) is 17.5 Å². The van der Waals surface area contributed by atoms with E-state index in [9.17, 15) is 23.2 Å². The van der Waals surface area contributed by atoms with E-state index in [4.69, 9.17) is 9.72 Å². The Hall–Kier alpha value is -4.30. The van der Waals surface area contributed by atoms with Crippen molar-refractivity contribution in [1.82, 2.24) is 14.8 Å². The monoisotopic (exact) mass is 590 g/mol. The van der Waals surface area contributed by atoms with Crippen molar-refractivity contribution in [2.75, 3.05) is 62.7 Å². The molecule has 0 bridgehead atoms. The fourth-order valence-electron chi connectivity index (χ4n) is 6.49. The van der Waals surface area contributed by atoms with E-state index in [2.05, 4.69) is 34.4 Å². The normalized spacial score (nSPS) is 19.0. The number of nitrogens with zero attached hydrogens (tertiary/aromatic N) is 6. The van der Waals surface area contributed by atoms with Crippen LogP contribution in [0.25, 0.3) is 10.8 Å². The van der Waals surface area contributed by atoms with Crippen LogP contribution in [0.4, 0.5) is 24.5 Å². The van der Waals surface area contributed by atoms with Gasteiger partial charge in [0.2, 0.25) is 5.88 Å². The van der Waals surface area contributed by atoms with Gasteiger partial charge in [-0.15, -0.1) is 0 Å². The van der Waals surface area contributed by atoms with E-state index in [0.717, 1.165) is 42.0 Å². The average molecular weight is 591 g/mol. The van der Waals surface area contributed by atoms with Crippen LogP contribution in [0, 0.1) is 23.0 Å². The molecule has 0 radical (unpaired) electrons. The SMILES string of the molecule is C=C(F)C(=O)N1CCN(c2c(C#N)c(OCC3CCCN3C)nc3c2CCN(c2cccc4cc(F)c(F)cc24)C3)CC1. The number of hydrogen-bond donors (Lipinski definition) is 0. The first-order chi connectivity index (χ1) is 20.7. The number of rotatable bonds is 6. The molecule has 1 unspecified atom stereocenters. The van der Waals surface area contributed by atoms with Gasteiger partial charge in [-0.1, -0.05) is 18.7 Å². The number of benzene rings is 2. The Balaban J connectivity index is 1.37. The third-order valence-corrected chi connectivity index (χ3v) is 8.84. The first-order valence-corrected chi connectivity index (χ1v) is 14.6. The van der Waals surface area contributed by atoms with Crippen molar-refractivity contribution in [3.8, 4) is 11.9 Å². The molecule has 0 aliphatic carbocycles. The van der Waals surface area contributed by atoms with Gasteiger partial charge in [0.05, 0.1) is 17.9 Å². The lowest BCUT2D eigenvalue weighted by Crippen LogP contribution is -2.49. The molecule has 4 heterocycles. The Kier molecular flexibility index (Phi) is 7.88. The van der Waals surface area contributed by atoms with Crippen LogP contribution in [-0.2, 0) is 17.8 Å². The number of nitriles is 1. The van der Waals surface area contributed by atoms with Crippen molar-refractivity contribution in [2.45, 2.75) is 31.8 Å². The molecule has 1 aromatic heterocycles. The summed E-state index contributed by atoms with van der Waals surface area (Å²) in [7, 11) is 2.06. The number of ether oxygens (including phenoxy) is 1. The molecule has 6 rings (SSSR count). The average Bonchev–Trinajstić information content (AvgIpc) is 3.43. The van der Waals surface area contributed by atoms with Gasteiger partial charge in [0.25, 0.3) is 5.91 Å². The van der Waals surface area contributed by atoms with Crippen LogP contribution in [0.15, 0.2) is 42.7 Å². The van der Waals surface area contributed by atoms with Gasteiger partial charge >= 0.3 is 0 Å². The van der Waals surface area contributed by atoms with Gasteiger partial charge in [-0.25, -0.2) is 18.2 Å². The van der Waals surface area contributed by atoms with Crippen molar-refractivity contribution < 1.29 is 22.7 Å². The smallest absolute Gasteiger partial charge is 0.282 e. The number of halogens is 3. The van der Waals surface area contributed by atoms with E-state index in [1.807, 2.05) is 12.1 Å². The van der Waals surface area contributed by atoms with Crippen LogP contribution >= 0.6 is 0 Å². The summed E-state index contributed by atoms with van der Waals surface area (Å²) >= 11 is 0. The molecule has 1 amide bonds. The Morgan fingerprint density at radius 2 is 1.88 bits per heavy atom. The molecule has 2 aromatic carbocycles. The molecule has 1 atom stereocenters. The Labute approximate surface area is 248 Å². The highest BCUT2D eigenvalue weighted by atomic mass is 19.2. The molecule has 8 nitrogen and oxygen atoms in total. The van der Waals surface area contributed by atoms with Crippen LogP contribution in [0.2, 0.25) is 0 Å². The highest BCUT2D eigenvalue weighted by molar-refractivity contribution is 5.94. The first kappa shape index (κ1) is 28.8. The lowest BCUT2D eigenvalue weighted by molar-refractivity contribution is -0.128. The highest BCUT2D eigenvalue weighted by Crippen LogP contribution is 2.39. The van der Waals surface area contributed by atoms with Gasteiger partial charge in [-0.2, -0.15) is 5.26 Å². The maximum atomic E-state index is 14.3. The Morgan fingerprint density at radius 3 is 2.58 bits per heavy atom. The molecule has 0 spiro atoms. The van der Waals surface area contributed by atoms with Crippen LogP contribution in [0.3, 0.4) is 0 Å². The number of likely N-dealkylation sites (tertiary alicyclic amines) is 1. The van der Waals surface area contributed by atoms with Gasteiger partial charge in [-0.05, 0) is 56.4 Å². The van der Waals surface area contributed by atoms with Gasteiger partial charge < -0.3 is 24.3 Å². The largest absolute Gasteiger partial charge is 0.475 e. The second-order valence-corrected chi connectivity index (χ2v) is 11.4. The summed E-state index contributed by atoms with van der Waals surface area (Å²) in [4.78, 5) is 24.9. The quantitative estimate of drug-likeness (QED) is 0.390. The minimum absolute atomic E-state index is 0.221. The number of carbonyl (C=O) groups excluding carboxylic acids is 1. The van der Waals surface area contributed by atoms with Crippen molar-refractivity contribution in [3.63, 3.8) is 0 Å². The third kappa shape index (κ3) is 5.47. The number of aromatic nitrogens is 1. The number of likely N-dealkylation sites (N-methyl/N-ethyl adjacent to an activating group) is 1. The molecule has 224 valence electrons. The second-order valence-electron chi connectivity index (χ2n) is 11.4. The predicted octanol–water partition coefficient (Wildman–Crippen LogP) is 4.55. The van der Waals surface area contributed by atoms with Gasteiger partial charge in [0, 0.05) is 55.4 Å². The van der Waals surface area contributed by atoms with Crippen LogP contribution in [-0.4, -0.2) is 79.7 Å². The second kappa shape index (κ2) is 11.8. The Morgan fingerprint density at radius 1 is 1.12 bits per heavy atom. The van der Waals surface area contributed by atoms with Crippen LogP contribution < -0.4 is 14.5 Å². The summed E-state index contributed by atoms with van der Waals surface area (Å²) in [6.07, 6.45) is 2.63. The van der Waals surface area contributed by atoms with Crippen LogP contribution in [0.5, 0.6) is 5.88 Å². The lowest BCUT2D eigenvalue weighted by Gasteiger charge is -2.39. The van der Waals surface area contributed by atoms with Gasteiger partial charge in [-0.3, -0.25) is 4.79 Å². The van der Waals surface area contributed by atoms with E-state index in [1.165, 1.54) is 17.0 Å². The van der Waals surface area contributed by atoms with Crippen molar-refractivity contribution in [3.05, 3.63) is 71.2 Å². The van der Waals surface area contributed by atoms with Crippen LogP contribution in [0.1, 0.15) is 29.7 Å². The molecular weight excluding hydrogens is 557 g/mol. The number of carbonyl (C=O) groups is 1. The minimum atomic E-state index is -0.990. The van der Waals surface area contributed by atoms with E-state index >= 15 is 0 Å². The highest BCUT2D eigenvalue weighted by Gasteiger charge is 2.33. The Bertz CT molecular complexity index is 1630. The van der Waals surface area contributed by atoms with E-state index in [1.54, 1.807) is 6.07 Å². The van der Waals surface area contributed by atoms with Crippen molar-refractivity contribution >= 4 is 28.1 Å². The van der Waals surface area contributed by atoms with Gasteiger partial charge in [0.1, 0.15) is 18.2 Å². The zero-order chi connectivity index (χ0) is 30.2. The van der Waals surface area contributed by atoms with Crippen molar-refractivity contribution in [1.29, 1.82) is 5.26 Å². The lowest BCUT2D eigenvalue weighted by atomic mass is 9.97. The van der Waals surface area contributed by atoms with E-state index < -0.39 is 23.4 Å². The molecule has 2 fully saturated rings. The standard InChI is InChI=1S/C32H33F3N6O2/c1-20(33)32(42)40-13-11-39(12-14-40)30-23-8-10-41(29-7-3-5-21-15-26(34)27(35)16-24(21)29)18-28(23)37-31(25(30)17-36)43-19-22-6-4-9-38(22)2/h3,5,7,15-16,22H,1,4,6,8-14,18-19H2,2H3. The third-order valence-electron chi connectivity index (χ3n) is 8.84. The number of pyridine rings is 1. The topological polar surface area (TPSA) is 75.9 Å². The summed E-state index contributed by atoms with van der Waals surface area (Å²) < 4.78 is 48.1. The first-order valence-electron chi connectivity index (χ1n) is 14.6. The van der Waals surface area contributed by atoms with E-state index in [-0.39, 0.29) is 25.0 Å². The molecule has 3 aromatic rings. The zero-order valence-electron chi connectivity index (χ0n) is 24.1. The maximum Gasteiger partial charge on any atom is 0.282 e. The maximum absolute atomic E-state index is 14.3. The minimum Gasteiger partial charge on any atom is -0.475 e. The molecule has 3 aliphatic heterocycles. The summed E-state index contributed by atoms with van der Waals surface area (Å²) in [6.45, 7) is 6.87.